The molecule has 8 heteroatoms. The predicted octanol–water partition coefficient (Wildman–Crippen LogP) is 3.67. The SMILES string of the molecule is Cc1ccc(OCC(=O)NCCN2C(=O)S/C(=C\c3ccc(F)cc3)C2=O)cc1C. The van der Waals surface area contributed by atoms with E-state index in [9.17, 15) is 18.8 Å². The lowest BCUT2D eigenvalue weighted by molar-refractivity contribution is -0.125. The number of hydrogen-bond donors (Lipinski definition) is 1. The molecule has 156 valence electrons. The van der Waals surface area contributed by atoms with Gasteiger partial charge in [0.1, 0.15) is 11.6 Å². The first-order valence-electron chi connectivity index (χ1n) is 9.31. The predicted molar refractivity (Wildman–Crippen MR) is 113 cm³/mol. The molecule has 2 aromatic rings. The molecule has 0 unspecified atom stereocenters. The van der Waals surface area contributed by atoms with Crippen LogP contribution in [0.5, 0.6) is 5.75 Å². The Balaban J connectivity index is 1.47. The van der Waals surface area contributed by atoms with Crippen LogP contribution in [0.2, 0.25) is 0 Å². The average Bonchev–Trinajstić information content (AvgIpc) is 2.98. The van der Waals surface area contributed by atoms with E-state index in [2.05, 4.69) is 5.32 Å². The molecule has 1 N–H and O–H groups in total. The van der Waals surface area contributed by atoms with Gasteiger partial charge in [-0.05, 0) is 72.6 Å². The van der Waals surface area contributed by atoms with Gasteiger partial charge in [0.2, 0.25) is 0 Å². The van der Waals surface area contributed by atoms with E-state index in [0.717, 1.165) is 27.8 Å². The molecular formula is C22H21FN2O4S. The molecule has 0 atom stereocenters. The van der Waals surface area contributed by atoms with Crippen LogP contribution < -0.4 is 10.1 Å². The van der Waals surface area contributed by atoms with Gasteiger partial charge >= 0.3 is 0 Å². The number of imide groups is 1. The summed E-state index contributed by atoms with van der Waals surface area (Å²) in [5.74, 6) is -0.556. The highest BCUT2D eigenvalue weighted by Gasteiger charge is 2.34. The number of nitrogens with zero attached hydrogens (tertiary/aromatic N) is 1. The molecular weight excluding hydrogens is 407 g/mol. The highest BCUT2D eigenvalue weighted by molar-refractivity contribution is 8.18. The number of amides is 3. The number of aryl methyl sites for hydroxylation is 2. The lowest BCUT2D eigenvalue weighted by Crippen LogP contribution is -2.38. The Labute approximate surface area is 178 Å². The number of rotatable bonds is 7. The number of nitrogens with one attached hydrogen (secondary N) is 1. The van der Waals surface area contributed by atoms with Gasteiger partial charge in [0.05, 0.1) is 4.91 Å². The van der Waals surface area contributed by atoms with Crippen molar-refractivity contribution in [3.05, 3.63) is 69.9 Å². The fourth-order valence-corrected chi connectivity index (χ4v) is 3.58. The maximum absolute atomic E-state index is 13.0. The summed E-state index contributed by atoms with van der Waals surface area (Å²) in [5.41, 5.74) is 2.83. The monoisotopic (exact) mass is 428 g/mol. The van der Waals surface area contributed by atoms with Crippen molar-refractivity contribution in [2.75, 3.05) is 19.7 Å². The summed E-state index contributed by atoms with van der Waals surface area (Å²) in [7, 11) is 0. The van der Waals surface area contributed by atoms with Crippen molar-refractivity contribution in [1.82, 2.24) is 10.2 Å². The molecule has 6 nitrogen and oxygen atoms in total. The van der Waals surface area contributed by atoms with Gasteiger partial charge < -0.3 is 10.1 Å². The fourth-order valence-electron chi connectivity index (χ4n) is 2.71. The lowest BCUT2D eigenvalue weighted by atomic mass is 10.1. The van der Waals surface area contributed by atoms with Gasteiger partial charge in [-0.1, -0.05) is 18.2 Å². The van der Waals surface area contributed by atoms with Gasteiger partial charge in [0.25, 0.3) is 17.1 Å². The van der Waals surface area contributed by atoms with Crippen LogP contribution in [-0.4, -0.2) is 41.6 Å². The maximum atomic E-state index is 13.0. The first-order valence-corrected chi connectivity index (χ1v) is 10.1. The van der Waals surface area contributed by atoms with Crippen LogP contribution in [0.25, 0.3) is 6.08 Å². The molecule has 1 aliphatic heterocycles. The second-order valence-corrected chi connectivity index (χ2v) is 7.76. The Morgan fingerprint density at radius 3 is 2.57 bits per heavy atom. The van der Waals surface area contributed by atoms with Crippen molar-refractivity contribution in [3.8, 4) is 5.75 Å². The number of carbonyl (C=O) groups excluding carboxylic acids is 3. The van der Waals surface area contributed by atoms with Gasteiger partial charge in [-0.2, -0.15) is 0 Å². The van der Waals surface area contributed by atoms with E-state index in [1.165, 1.54) is 24.3 Å². The van der Waals surface area contributed by atoms with Gasteiger partial charge in [-0.3, -0.25) is 19.3 Å². The number of thioether (sulfide) groups is 1. The van der Waals surface area contributed by atoms with Crippen molar-refractivity contribution in [2.45, 2.75) is 13.8 Å². The Kier molecular flexibility index (Phi) is 6.89. The molecule has 1 heterocycles. The molecule has 0 aromatic heterocycles. The van der Waals surface area contributed by atoms with Crippen molar-refractivity contribution in [1.29, 1.82) is 0 Å². The van der Waals surface area contributed by atoms with Crippen LogP contribution in [0.4, 0.5) is 9.18 Å². The zero-order valence-corrected chi connectivity index (χ0v) is 17.4. The number of hydrogen-bond acceptors (Lipinski definition) is 5. The van der Waals surface area contributed by atoms with E-state index in [-0.39, 0.29) is 36.3 Å². The molecule has 0 spiro atoms. The topological polar surface area (TPSA) is 75.7 Å². The van der Waals surface area contributed by atoms with Gasteiger partial charge in [0.15, 0.2) is 6.61 Å². The lowest BCUT2D eigenvalue weighted by Gasteiger charge is -2.13. The highest BCUT2D eigenvalue weighted by Crippen LogP contribution is 2.31. The van der Waals surface area contributed by atoms with E-state index in [1.807, 2.05) is 26.0 Å². The van der Waals surface area contributed by atoms with Gasteiger partial charge in [-0.15, -0.1) is 0 Å². The third-order valence-electron chi connectivity index (χ3n) is 4.55. The van der Waals surface area contributed by atoms with Crippen molar-refractivity contribution in [2.24, 2.45) is 0 Å². The van der Waals surface area contributed by atoms with Crippen molar-refractivity contribution >= 4 is 34.9 Å². The number of benzene rings is 2. The minimum Gasteiger partial charge on any atom is -0.484 e. The smallest absolute Gasteiger partial charge is 0.293 e. The van der Waals surface area contributed by atoms with Crippen LogP contribution in [0.1, 0.15) is 16.7 Å². The molecule has 0 bridgehead atoms. The van der Waals surface area contributed by atoms with Crippen LogP contribution in [0.15, 0.2) is 47.4 Å². The molecule has 0 aliphatic carbocycles. The summed E-state index contributed by atoms with van der Waals surface area (Å²) in [6.07, 6.45) is 1.54. The van der Waals surface area contributed by atoms with Gasteiger partial charge in [-0.25, -0.2) is 4.39 Å². The Bertz CT molecular complexity index is 1000. The molecule has 0 saturated carbocycles. The van der Waals surface area contributed by atoms with Crippen LogP contribution in [-0.2, 0) is 9.59 Å². The number of carbonyl (C=O) groups is 3. The molecule has 1 aliphatic rings. The summed E-state index contributed by atoms with van der Waals surface area (Å²) in [6, 6.07) is 11.2. The first-order chi connectivity index (χ1) is 14.3. The quantitative estimate of drug-likeness (QED) is 0.681. The normalized spacial score (nSPS) is 15.0. The summed E-state index contributed by atoms with van der Waals surface area (Å²) >= 11 is 0.817. The summed E-state index contributed by atoms with van der Waals surface area (Å²) < 4.78 is 18.5. The third kappa shape index (κ3) is 5.48. The zero-order chi connectivity index (χ0) is 21.7. The largest absolute Gasteiger partial charge is 0.484 e. The maximum Gasteiger partial charge on any atom is 0.293 e. The van der Waals surface area contributed by atoms with Crippen LogP contribution >= 0.6 is 11.8 Å². The number of ether oxygens (including phenoxy) is 1. The second-order valence-electron chi connectivity index (χ2n) is 6.77. The molecule has 3 rings (SSSR count). The minimum atomic E-state index is -0.435. The van der Waals surface area contributed by atoms with Crippen molar-refractivity contribution < 1.29 is 23.5 Å². The molecule has 1 saturated heterocycles. The minimum absolute atomic E-state index is 0.0564. The molecule has 0 radical (unpaired) electrons. The fraction of sp³-hybridized carbons (Fsp3) is 0.227. The second kappa shape index (κ2) is 9.58. The Morgan fingerprint density at radius 1 is 1.13 bits per heavy atom. The van der Waals surface area contributed by atoms with E-state index < -0.39 is 11.1 Å². The molecule has 2 aromatic carbocycles. The Hall–Kier alpha value is -3.13. The van der Waals surface area contributed by atoms with E-state index >= 15 is 0 Å². The molecule has 1 fully saturated rings. The zero-order valence-electron chi connectivity index (χ0n) is 16.6. The van der Waals surface area contributed by atoms with Gasteiger partial charge in [0, 0.05) is 13.1 Å². The highest BCUT2D eigenvalue weighted by atomic mass is 32.2. The summed E-state index contributed by atoms with van der Waals surface area (Å²) in [6.45, 7) is 3.97. The summed E-state index contributed by atoms with van der Waals surface area (Å²) in [5, 5.41) is 2.23. The van der Waals surface area contributed by atoms with Crippen LogP contribution in [0.3, 0.4) is 0 Å². The first kappa shape index (κ1) is 21.6. The Morgan fingerprint density at radius 2 is 1.87 bits per heavy atom. The molecule has 3 amide bonds. The van der Waals surface area contributed by atoms with E-state index in [0.29, 0.717) is 11.3 Å². The third-order valence-corrected chi connectivity index (χ3v) is 5.45. The average molecular weight is 428 g/mol. The van der Waals surface area contributed by atoms with E-state index in [1.54, 1.807) is 12.1 Å². The summed E-state index contributed by atoms with van der Waals surface area (Å²) in [4.78, 5) is 37.9. The molecule has 30 heavy (non-hydrogen) atoms. The van der Waals surface area contributed by atoms with E-state index in [4.69, 9.17) is 4.74 Å². The van der Waals surface area contributed by atoms with Crippen LogP contribution in [0, 0.1) is 19.7 Å². The number of halogens is 1. The standard InChI is InChI=1S/C22H21FN2O4S/c1-14-3-8-18(11-15(14)2)29-13-20(26)24-9-10-25-21(27)19(30-22(25)28)12-16-4-6-17(23)7-5-16/h3-8,11-12H,9-10,13H2,1-2H3,(H,24,26)/b19-12-. The van der Waals surface area contributed by atoms with Crippen molar-refractivity contribution in [3.63, 3.8) is 0 Å².